The summed E-state index contributed by atoms with van der Waals surface area (Å²) in [5.74, 6) is -0.446. The fraction of sp³-hybridized carbons (Fsp3) is 0.0714. The van der Waals surface area contributed by atoms with Crippen molar-refractivity contribution >= 4 is 15.7 Å². The van der Waals surface area contributed by atoms with E-state index in [0.29, 0.717) is 5.56 Å². The van der Waals surface area contributed by atoms with Crippen LogP contribution in [0.15, 0.2) is 64.4 Å². The quantitative estimate of drug-likeness (QED) is 0.919. The monoisotopic (exact) mass is 275 g/mol. The van der Waals surface area contributed by atoms with E-state index in [1.165, 1.54) is 12.1 Å². The Morgan fingerprint density at radius 2 is 1.42 bits per heavy atom. The first-order chi connectivity index (χ1) is 9.00. The summed E-state index contributed by atoms with van der Waals surface area (Å²) in [5.41, 5.74) is 5.78. The van der Waals surface area contributed by atoms with Gasteiger partial charge in [0, 0.05) is 0 Å². The minimum atomic E-state index is -3.50. The van der Waals surface area contributed by atoms with Gasteiger partial charge in [-0.1, -0.05) is 30.3 Å². The molecule has 0 atom stereocenters. The molecular weight excluding hydrogens is 262 g/mol. The summed E-state index contributed by atoms with van der Waals surface area (Å²) in [7, 11) is -3.50. The van der Waals surface area contributed by atoms with Crippen LogP contribution in [0.4, 0.5) is 0 Å². The first kappa shape index (κ1) is 13.3. The Kier molecular flexibility index (Phi) is 3.66. The fourth-order valence-corrected chi connectivity index (χ4v) is 3.01. The van der Waals surface area contributed by atoms with Gasteiger partial charge in [-0.2, -0.15) is 0 Å². The predicted octanol–water partition coefficient (Wildman–Crippen LogP) is 1.55. The van der Waals surface area contributed by atoms with Crippen molar-refractivity contribution in [1.82, 2.24) is 0 Å². The van der Waals surface area contributed by atoms with Crippen LogP contribution in [-0.2, 0) is 21.1 Å². The summed E-state index contributed by atoms with van der Waals surface area (Å²) in [6, 6.07) is 14.4. The lowest BCUT2D eigenvalue weighted by molar-refractivity contribution is -0.117. The molecule has 2 rings (SSSR count). The molecule has 0 saturated carbocycles. The van der Waals surface area contributed by atoms with Gasteiger partial charge in [0.25, 0.3) is 0 Å². The van der Waals surface area contributed by atoms with Gasteiger partial charge in [0.15, 0.2) is 0 Å². The summed E-state index contributed by atoms with van der Waals surface area (Å²) >= 11 is 0. The summed E-state index contributed by atoms with van der Waals surface area (Å²) < 4.78 is 24.6. The van der Waals surface area contributed by atoms with Gasteiger partial charge < -0.3 is 5.73 Å². The van der Waals surface area contributed by atoms with E-state index >= 15 is 0 Å². The van der Waals surface area contributed by atoms with Crippen LogP contribution in [-0.4, -0.2) is 14.3 Å². The number of carbonyl (C=O) groups excluding carboxylic acids is 1. The highest BCUT2D eigenvalue weighted by Gasteiger charge is 2.16. The highest BCUT2D eigenvalue weighted by atomic mass is 32.2. The first-order valence-electron chi connectivity index (χ1n) is 5.67. The second-order valence-electron chi connectivity index (χ2n) is 4.10. The Bertz CT molecular complexity index is 676. The van der Waals surface area contributed by atoms with Gasteiger partial charge in [-0.3, -0.25) is 4.79 Å². The standard InChI is InChI=1S/C14H13NO3S/c15-14(16)10-11-6-8-13(9-7-11)19(17,18)12-4-2-1-3-5-12/h1-9H,10H2,(H2,15,16). The van der Waals surface area contributed by atoms with Crippen LogP contribution in [0.2, 0.25) is 0 Å². The minimum Gasteiger partial charge on any atom is -0.369 e. The highest BCUT2D eigenvalue weighted by molar-refractivity contribution is 7.91. The maximum absolute atomic E-state index is 12.3. The minimum absolute atomic E-state index is 0.103. The molecule has 0 aliphatic heterocycles. The van der Waals surface area contributed by atoms with Gasteiger partial charge in [0.2, 0.25) is 15.7 Å². The summed E-state index contributed by atoms with van der Waals surface area (Å²) in [6.07, 6.45) is 0.103. The van der Waals surface area contributed by atoms with Crippen LogP contribution in [0.1, 0.15) is 5.56 Å². The van der Waals surface area contributed by atoms with Gasteiger partial charge in [-0.15, -0.1) is 0 Å². The third kappa shape index (κ3) is 3.00. The molecule has 0 spiro atoms. The second-order valence-corrected chi connectivity index (χ2v) is 6.05. The molecule has 5 heteroatoms. The van der Waals surface area contributed by atoms with E-state index in [2.05, 4.69) is 0 Å². The summed E-state index contributed by atoms with van der Waals surface area (Å²) in [6.45, 7) is 0. The van der Waals surface area contributed by atoms with Crippen LogP contribution in [0.25, 0.3) is 0 Å². The Morgan fingerprint density at radius 1 is 0.895 bits per heavy atom. The van der Waals surface area contributed by atoms with Crippen molar-refractivity contribution < 1.29 is 13.2 Å². The number of sulfone groups is 1. The van der Waals surface area contributed by atoms with E-state index in [0.717, 1.165) is 0 Å². The topological polar surface area (TPSA) is 77.2 Å². The number of primary amides is 1. The Labute approximate surface area is 111 Å². The SMILES string of the molecule is NC(=O)Cc1ccc(S(=O)(=O)c2ccccc2)cc1. The van der Waals surface area contributed by atoms with E-state index in [1.54, 1.807) is 42.5 Å². The number of hydrogen-bond donors (Lipinski definition) is 1. The number of benzene rings is 2. The van der Waals surface area contributed by atoms with Crippen molar-refractivity contribution in [2.75, 3.05) is 0 Å². The van der Waals surface area contributed by atoms with Crippen molar-refractivity contribution in [2.45, 2.75) is 16.2 Å². The molecule has 0 saturated heterocycles. The van der Waals surface area contributed by atoms with E-state index in [1.807, 2.05) is 0 Å². The van der Waals surface area contributed by atoms with E-state index in [4.69, 9.17) is 5.73 Å². The molecule has 98 valence electrons. The largest absolute Gasteiger partial charge is 0.369 e. The van der Waals surface area contributed by atoms with Crippen molar-refractivity contribution in [1.29, 1.82) is 0 Å². The number of carbonyl (C=O) groups is 1. The maximum Gasteiger partial charge on any atom is 0.221 e. The van der Waals surface area contributed by atoms with Gasteiger partial charge in [0.1, 0.15) is 0 Å². The molecule has 0 aliphatic rings. The van der Waals surface area contributed by atoms with Crippen LogP contribution >= 0.6 is 0 Å². The second kappa shape index (κ2) is 5.24. The summed E-state index contributed by atoms with van der Waals surface area (Å²) in [5, 5.41) is 0. The molecule has 0 bridgehead atoms. The molecule has 0 aliphatic carbocycles. The van der Waals surface area contributed by atoms with Gasteiger partial charge in [0.05, 0.1) is 16.2 Å². The number of amides is 1. The lowest BCUT2D eigenvalue weighted by atomic mass is 10.1. The van der Waals surface area contributed by atoms with Crippen LogP contribution in [0, 0.1) is 0 Å². The zero-order valence-corrected chi connectivity index (χ0v) is 10.9. The van der Waals surface area contributed by atoms with Gasteiger partial charge >= 0.3 is 0 Å². The highest BCUT2D eigenvalue weighted by Crippen LogP contribution is 2.20. The summed E-state index contributed by atoms with van der Waals surface area (Å²) in [4.78, 5) is 11.2. The average molecular weight is 275 g/mol. The van der Waals surface area contributed by atoms with Crippen LogP contribution in [0.5, 0.6) is 0 Å². The normalized spacial score (nSPS) is 11.2. The molecule has 1 amide bonds. The zero-order chi connectivity index (χ0) is 13.9. The lowest BCUT2D eigenvalue weighted by Crippen LogP contribution is -2.13. The molecule has 0 heterocycles. The molecule has 19 heavy (non-hydrogen) atoms. The molecule has 0 radical (unpaired) electrons. The molecule has 0 aromatic heterocycles. The third-order valence-corrected chi connectivity index (χ3v) is 4.45. The van der Waals surface area contributed by atoms with Gasteiger partial charge in [-0.25, -0.2) is 8.42 Å². The Balaban J connectivity index is 2.35. The smallest absolute Gasteiger partial charge is 0.221 e. The Hall–Kier alpha value is -2.14. The van der Waals surface area contributed by atoms with E-state index in [-0.39, 0.29) is 16.2 Å². The molecule has 2 N–H and O–H groups in total. The van der Waals surface area contributed by atoms with Gasteiger partial charge in [-0.05, 0) is 29.8 Å². The lowest BCUT2D eigenvalue weighted by Gasteiger charge is -2.05. The molecular formula is C14H13NO3S. The molecule has 2 aromatic rings. The number of nitrogens with two attached hydrogens (primary N) is 1. The number of hydrogen-bond acceptors (Lipinski definition) is 3. The number of rotatable bonds is 4. The average Bonchev–Trinajstić information content (AvgIpc) is 2.40. The molecule has 2 aromatic carbocycles. The van der Waals surface area contributed by atoms with Crippen molar-refractivity contribution in [3.8, 4) is 0 Å². The van der Waals surface area contributed by atoms with E-state index < -0.39 is 15.7 Å². The Morgan fingerprint density at radius 3 is 1.95 bits per heavy atom. The first-order valence-corrected chi connectivity index (χ1v) is 7.16. The predicted molar refractivity (Wildman–Crippen MR) is 71.2 cm³/mol. The molecule has 0 unspecified atom stereocenters. The van der Waals surface area contributed by atoms with Crippen molar-refractivity contribution in [2.24, 2.45) is 5.73 Å². The molecule has 4 nitrogen and oxygen atoms in total. The van der Waals surface area contributed by atoms with Crippen molar-refractivity contribution in [3.05, 3.63) is 60.2 Å². The van der Waals surface area contributed by atoms with Crippen molar-refractivity contribution in [3.63, 3.8) is 0 Å². The van der Waals surface area contributed by atoms with E-state index in [9.17, 15) is 13.2 Å². The fourth-order valence-electron chi connectivity index (χ4n) is 1.72. The van der Waals surface area contributed by atoms with Crippen LogP contribution in [0.3, 0.4) is 0 Å². The van der Waals surface area contributed by atoms with Crippen LogP contribution < -0.4 is 5.73 Å². The molecule has 0 fully saturated rings. The maximum atomic E-state index is 12.3. The third-order valence-electron chi connectivity index (χ3n) is 2.67. The zero-order valence-electron chi connectivity index (χ0n) is 10.1.